The quantitative estimate of drug-likeness (QED) is 0.254. The van der Waals surface area contributed by atoms with Crippen molar-refractivity contribution in [1.29, 1.82) is 0 Å². The van der Waals surface area contributed by atoms with Gasteiger partial charge in [0.05, 0.1) is 0 Å². The summed E-state index contributed by atoms with van der Waals surface area (Å²) in [6.45, 7) is 17.4. The van der Waals surface area contributed by atoms with Crippen LogP contribution in [-0.2, 0) is 6.42 Å². The molecule has 2 aromatic rings. The Balaban J connectivity index is 1.24. The Morgan fingerprint density at radius 1 is 0.585 bits per heavy atom. The van der Waals surface area contributed by atoms with Crippen molar-refractivity contribution in [1.82, 2.24) is 21.3 Å². The number of rotatable bonds is 6. The van der Waals surface area contributed by atoms with Gasteiger partial charge in [-0.1, -0.05) is 24.3 Å². The Morgan fingerprint density at radius 2 is 0.878 bits per heavy atom. The van der Waals surface area contributed by atoms with Gasteiger partial charge in [0, 0.05) is 45.6 Å². The zero-order valence-electron chi connectivity index (χ0n) is 26.1. The van der Waals surface area contributed by atoms with Crippen molar-refractivity contribution in [2.45, 2.75) is 122 Å². The number of piperidine rings is 2. The minimum absolute atomic E-state index is 0.0240. The molecular formula is C33H50N6O2. The normalized spacial score (nSPS) is 21.5. The van der Waals surface area contributed by atoms with Gasteiger partial charge in [0.15, 0.2) is 0 Å². The molecule has 0 radical (unpaired) electrons. The van der Waals surface area contributed by atoms with Gasteiger partial charge in [-0.3, -0.25) is 0 Å². The lowest BCUT2D eigenvalue weighted by molar-refractivity contribution is 0.148. The van der Waals surface area contributed by atoms with Crippen molar-refractivity contribution in [2.24, 2.45) is 0 Å². The predicted molar refractivity (Wildman–Crippen MR) is 169 cm³/mol. The highest BCUT2D eigenvalue weighted by Crippen LogP contribution is 2.29. The van der Waals surface area contributed by atoms with Crippen molar-refractivity contribution in [2.75, 3.05) is 10.6 Å². The van der Waals surface area contributed by atoms with E-state index in [9.17, 15) is 9.59 Å². The van der Waals surface area contributed by atoms with E-state index in [1.54, 1.807) is 0 Å². The van der Waals surface area contributed by atoms with Gasteiger partial charge >= 0.3 is 12.1 Å². The molecule has 2 saturated heterocycles. The standard InChI is InChI=1S/C33H50N6O2/c1-30(2)18-26(19-31(3,4)38-30)36-28(40)34-24-13-9-22(10-14-24)17-23-11-15-25(16-12-23)35-29(41)37-27-20-32(5,6)39-33(7,8)21-27/h9-16,26-27,38-39H,17-21H2,1-8H3,(H2,34,36,40)(H2,35,37,41). The van der Waals surface area contributed by atoms with E-state index in [2.05, 4.69) is 87.3 Å². The zero-order chi connectivity index (χ0) is 30.1. The molecule has 0 atom stereocenters. The predicted octanol–water partition coefficient (Wildman–Crippen LogP) is 6.14. The average molecular weight is 563 g/mol. The first-order valence-electron chi connectivity index (χ1n) is 14.9. The monoisotopic (exact) mass is 562 g/mol. The van der Waals surface area contributed by atoms with Gasteiger partial charge in [0.1, 0.15) is 0 Å². The van der Waals surface area contributed by atoms with E-state index >= 15 is 0 Å². The van der Waals surface area contributed by atoms with Crippen LogP contribution in [0, 0.1) is 0 Å². The molecule has 2 aliphatic heterocycles. The molecule has 0 saturated carbocycles. The summed E-state index contributed by atoms with van der Waals surface area (Å²) < 4.78 is 0. The van der Waals surface area contributed by atoms with Gasteiger partial charge < -0.3 is 31.9 Å². The third-order valence-electron chi connectivity index (χ3n) is 7.88. The smallest absolute Gasteiger partial charge is 0.319 e. The summed E-state index contributed by atoms with van der Waals surface area (Å²) in [7, 11) is 0. The molecule has 0 spiro atoms. The Morgan fingerprint density at radius 3 is 1.17 bits per heavy atom. The second-order valence-corrected chi connectivity index (χ2v) is 14.8. The molecule has 2 heterocycles. The van der Waals surface area contributed by atoms with Crippen LogP contribution in [0.1, 0.15) is 92.2 Å². The van der Waals surface area contributed by atoms with Crippen LogP contribution in [-0.4, -0.2) is 46.3 Å². The Bertz CT molecular complexity index is 1090. The van der Waals surface area contributed by atoms with E-state index in [0.717, 1.165) is 54.6 Å². The number of urea groups is 2. The molecule has 2 aromatic carbocycles. The maximum Gasteiger partial charge on any atom is 0.319 e. The van der Waals surface area contributed by atoms with Gasteiger partial charge in [-0.05, 0) is 123 Å². The highest BCUT2D eigenvalue weighted by atomic mass is 16.2. The van der Waals surface area contributed by atoms with Crippen LogP contribution in [0.4, 0.5) is 21.0 Å². The number of amides is 4. The average Bonchev–Trinajstić information content (AvgIpc) is 2.77. The fourth-order valence-corrected chi connectivity index (χ4v) is 7.20. The zero-order valence-corrected chi connectivity index (χ0v) is 26.1. The molecular weight excluding hydrogens is 512 g/mol. The minimum atomic E-state index is -0.170. The number of carbonyl (C=O) groups excluding carboxylic acids is 2. The summed E-state index contributed by atoms with van der Waals surface area (Å²) in [6, 6.07) is 15.8. The highest BCUT2D eigenvalue weighted by Gasteiger charge is 2.39. The molecule has 4 rings (SSSR count). The van der Waals surface area contributed by atoms with Crippen molar-refractivity contribution < 1.29 is 9.59 Å². The molecule has 0 aromatic heterocycles. The van der Waals surface area contributed by atoms with Gasteiger partial charge in [0.2, 0.25) is 0 Å². The topological polar surface area (TPSA) is 106 Å². The molecule has 0 aliphatic carbocycles. The van der Waals surface area contributed by atoms with Crippen molar-refractivity contribution in [3.05, 3.63) is 59.7 Å². The summed E-state index contributed by atoms with van der Waals surface area (Å²) in [5.74, 6) is 0. The van der Waals surface area contributed by atoms with Crippen LogP contribution in [0.5, 0.6) is 0 Å². The Labute approximate surface area is 246 Å². The van der Waals surface area contributed by atoms with Crippen LogP contribution in [0.2, 0.25) is 0 Å². The summed E-state index contributed by atoms with van der Waals surface area (Å²) in [5.41, 5.74) is 3.73. The van der Waals surface area contributed by atoms with E-state index < -0.39 is 0 Å². The lowest BCUT2D eigenvalue weighted by Crippen LogP contribution is -2.62. The van der Waals surface area contributed by atoms with Gasteiger partial charge in [-0.15, -0.1) is 0 Å². The Hall–Kier alpha value is -3.10. The van der Waals surface area contributed by atoms with Gasteiger partial charge in [0.25, 0.3) is 0 Å². The minimum Gasteiger partial charge on any atom is -0.335 e. The van der Waals surface area contributed by atoms with Gasteiger partial charge in [-0.25, -0.2) is 9.59 Å². The molecule has 224 valence electrons. The molecule has 8 heteroatoms. The van der Waals surface area contributed by atoms with Crippen molar-refractivity contribution in [3.63, 3.8) is 0 Å². The van der Waals surface area contributed by atoms with Crippen LogP contribution in [0.25, 0.3) is 0 Å². The molecule has 2 fully saturated rings. The second kappa shape index (κ2) is 11.6. The number of benzene rings is 2. The second-order valence-electron chi connectivity index (χ2n) is 14.8. The number of hydrogen-bond donors (Lipinski definition) is 6. The molecule has 6 N–H and O–H groups in total. The maximum absolute atomic E-state index is 12.7. The lowest BCUT2D eigenvalue weighted by Gasteiger charge is -2.46. The number of carbonyl (C=O) groups is 2. The first-order chi connectivity index (χ1) is 19.0. The molecule has 0 unspecified atom stereocenters. The molecule has 0 bridgehead atoms. The molecule has 41 heavy (non-hydrogen) atoms. The summed E-state index contributed by atoms with van der Waals surface area (Å²) >= 11 is 0. The summed E-state index contributed by atoms with van der Waals surface area (Å²) in [4.78, 5) is 25.4. The maximum atomic E-state index is 12.7. The number of anilines is 2. The van der Waals surface area contributed by atoms with Crippen molar-refractivity contribution in [3.8, 4) is 0 Å². The summed E-state index contributed by atoms with van der Waals surface area (Å²) in [6.07, 6.45) is 4.30. The third-order valence-corrected chi connectivity index (χ3v) is 7.88. The van der Waals surface area contributed by atoms with E-state index in [1.165, 1.54) is 0 Å². The van der Waals surface area contributed by atoms with Gasteiger partial charge in [-0.2, -0.15) is 0 Å². The van der Waals surface area contributed by atoms with E-state index in [0.29, 0.717) is 0 Å². The lowest BCUT2D eigenvalue weighted by atomic mass is 9.79. The first kappa shape index (κ1) is 30.8. The van der Waals surface area contributed by atoms with Crippen LogP contribution < -0.4 is 31.9 Å². The number of hydrogen-bond acceptors (Lipinski definition) is 4. The molecule has 4 amide bonds. The van der Waals surface area contributed by atoms with Crippen LogP contribution >= 0.6 is 0 Å². The fourth-order valence-electron chi connectivity index (χ4n) is 7.20. The van der Waals surface area contributed by atoms with Crippen molar-refractivity contribution >= 4 is 23.4 Å². The molecule has 8 nitrogen and oxygen atoms in total. The first-order valence-corrected chi connectivity index (χ1v) is 14.9. The van der Waals surface area contributed by atoms with Crippen LogP contribution in [0.3, 0.4) is 0 Å². The van der Waals surface area contributed by atoms with E-state index in [1.807, 2.05) is 48.5 Å². The van der Waals surface area contributed by atoms with Crippen LogP contribution in [0.15, 0.2) is 48.5 Å². The van der Waals surface area contributed by atoms with E-state index in [-0.39, 0.29) is 46.3 Å². The number of nitrogens with one attached hydrogen (secondary N) is 6. The van der Waals surface area contributed by atoms with E-state index in [4.69, 9.17) is 0 Å². The largest absolute Gasteiger partial charge is 0.335 e. The summed E-state index contributed by atoms with van der Waals surface area (Å²) in [5, 5.41) is 19.6. The Kier molecular flexibility index (Phi) is 8.76. The SMILES string of the molecule is CC1(C)CC(NC(=O)Nc2ccc(Cc3ccc(NC(=O)NC4CC(C)(C)NC(C)(C)C4)cc3)cc2)CC(C)(C)N1. The highest BCUT2D eigenvalue weighted by molar-refractivity contribution is 5.90. The fraction of sp³-hybridized carbons (Fsp3) is 0.576. The third kappa shape index (κ3) is 9.47. The molecule has 2 aliphatic rings.